The summed E-state index contributed by atoms with van der Waals surface area (Å²) in [6.45, 7) is 11.2. The second-order valence-corrected chi connectivity index (χ2v) is 7.09. The van der Waals surface area contributed by atoms with Crippen LogP contribution in [0.15, 0.2) is 6.07 Å². The summed E-state index contributed by atoms with van der Waals surface area (Å²) in [6.07, 6.45) is 4.07. The molecule has 25 heavy (non-hydrogen) atoms. The Labute approximate surface area is 178 Å². The molecular weight excluding hydrogens is 538 g/mol. The molecule has 0 bridgehead atoms. The summed E-state index contributed by atoms with van der Waals surface area (Å²) in [4.78, 5) is 4.76. The number of methoxy groups -OCH3 is 2. The molecule has 1 aromatic rings. The van der Waals surface area contributed by atoms with Gasteiger partial charge >= 0.3 is 0 Å². The van der Waals surface area contributed by atoms with Gasteiger partial charge in [0.05, 0.1) is 0 Å². The fraction of sp³-hybridized carbons (Fsp3) is 0.750. The Kier molecular flexibility index (Phi) is 13.1. The molecule has 0 saturated carbocycles. The van der Waals surface area contributed by atoms with Crippen molar-refractivity contribution in [1.82, 2.24) is 4.98 Å². The van der Waals surface area contributed by atoms with Gasteiger partial charge in [-0.15, -0.1) is 0 Å². The number of anilines is 1. The smallest absolute Gasteiger partial charge is 0.182 e. The Balaban J connectivity index is 0.00000576. The van der Waals surface area contributed by atoms with Crippen LogP contribution in [-0.4, -0.2) is 25.2 Å². The Hall–Kier alpha value is -0.0781. The number of nitrogens with one attached hydrogen (secondary N) is 1. The molecule has 0 aromatic carbocycles. The molecule has 1 N–H and O–H groups in total. The number of hydrogen-bond acceptors (Lipinski definition) is 4. The third-order valence-electron chi connectivity index (χ3n) is 4.54. The first-order chi connectivity index (χ1) is 11.4. The van der Waals surface area contributed by atoms with Gasteiger partial charge in [-0.05, 0) is 25.2 Å². The Bertz CT molecular complexity index is 479. The van der Waals surface area contributed by atoms with E-state index >= 15 is 0 Å². The summed E-state index contributed by atoms with van der Waals surface area (Å²) in [7, 11) is 3.24. The first kappa shape index (κ1) is 24.9. The predicted molar refractivity (Wildman–Crippen MR) is 100 cm³/mol. The first-order valence-electron chi connectivity index (χ1n) is 9.16. The average Bonchev–Trinajstić information content (AvgIpc) is 2.55. The zero-order chi connectivity index (χ0) is 18.1. The number of aryl methyl sites for hydroxylation is 1. The summed E-state index contributed by atoms with van der Waals surface area (Å²) >= 11 is 0. The predicted octanol–water partition coefficient (Wildman–Crippen LogP) is 5.00. The van der Waals surface area contributed by atoms with E-state index in [0.717, 1.165) is 18.7 Å². The largest absolute Gasteiger partial charge is 0.382 e. The molecule has 4 nitrogen and oxygen atoms in total. The normalized spacial score (nSPS) is 13.6. The topological polar surface area (TPSA) is 43.4 Å². The molecule has 2 atom stereocenters. The van der Waals surface area contributed by atoms with Crippen molar-refractivity contribution in [2.75, 3.05) is 19.5 Å². The molecule has 1 aromatic heterocycles. The molecule has 5 heteroatoms. The van der Waals surface area contributed by atoms with E-state index in [2.05, 4.69) is 46.0 Å². The SMILES string of the molecule is CCCC(C)C(C)Nc1nc(C(OC)OC)[c-]cc1CCC(C)C.[U]. The monoisotopic (exact) mass is 573 g/mol. The fourth-order valence-corrected chi connectivity index (χ4v) is 2.72. The molecule has 0 aliphatic carbocycles. The van der Waals surface area contributed by atoms with Gasteiger partial charge in [-0.2, -0.15) is 5.56 Å². The number of rotatable bonds is 11. The van der Waals surface area contributed by atoms with Crippen LogP contribution in [0.1, 0.15) is 71.4 Å². The van der Waals surface area contributed by atoms with Crippen molar-refractivity contribution in [3.05, 3.63) is 23.4 Å². The van der Waals surface area contributed by atoms with Crippen LogP contribution in [0.2, 0.25) is 0 Å². The van der Waals surface area contributed by atoms with E-state index in [1.165, 1.54) is 18.4 Å². The fourth-order valence-electron chi connectivity index (χ4n) is 2.72. The van der Waals surface area contributed by atoms with E-state index in [0.29, 0.717) is 23.6 Å². The van der Waals surface area contributed by atoms with Crippen LogP contribution in [-0.2, 0) is 15.9 Å². The molecule has 0 aliphatic rings. The van der Waals surface area contributed by atoms with E-state index in [4.69, 9.17) is 14.5 Å². The Morgan fingerprint density at radius 3 is 2.28 bits per heavy atom. The Morgan fingerprint density at radius 1 is 1.12 bits per heavy atom. The zero-order valence-corrected chi connectivity index (χ0v) is 21.1. The van der Waals surface area contributed by atoms with Crippen LogP contribution in [0.25, 0.3) is 0 Å². The number of nitrogens with zero attached hydrogens (tertiary/aromatic N) is 1. The van der Waals surface area contributed by atoms with Crippen molar-refractivity contribution in [2.24, 2.45) is 11.8 Å². The van der Waals surface area contributed by atoms with Gasteiger partial charge in [-0.3, -0.25) is 4.98 Å². The molecular formula is C20H35N2O2U-. The van der Waals surface area contributed by atoms with Gasteiger partial charge in [0.15, 0.2) is 6.29 Å². The van der Waals surface area contributed by atoms with Gasteiger partial charge < -0.3 is 14.8 Å². The molecule has 0 spiro atoms. The van der Waals surface area contributed by atoms with Crippen molar-refractivity contribution in [3.8, 4) is 0 Å². The van der Waals surface area contributed by atoms with Crippen molar-refractivity contribution >= 4 is 5.82 Å². The first-order valence-corrected chi connectivity index (χ1v) is 9.16. The molecule has 0 fully saturated rings. The van der Waals surface area contributed by atoms with Crippen LogP contribution in [0.4, 0.5) is 5.82 Å². The maximum atomic E-state index is 5.33. The molecule has 0 amide bonds. The van der Waals surface area contributed by atoms with Crippen LogP contribution >= 0.6 is 0 Å². The third-order valence-corrected chi connectivity index (χ3v) is 4.54. The maximum absolute atomic E-state index is 5.33. The minimum atomic E-state index is -0.479. The number of pyridine rings is 1. The summed E-state index contributed by atoms with van der Waals surface area (Å²) in [6, 6.07) is 5.64. The molecule has 142 valence electrons. The summed E-state index contributed by atoms with van der Waals surface area (Å²) < 4.78 is 10.7. The minimum Gasteiger partial charge on any atom is -0.382 e. The number of aromatic nitrogens is 1. The molecule has 1 heterocycles. The van der Waals surface area contributed by atoms with Crippen molar-refractivity contribution in [1.29, 1.82) is 0 Å². The van der Waals surface area contributed by atoms with Crippen molar-refractivity contribution in [3.63, 3.8) is 0 Å². The summed E-state index contributed by atoms with van der Waals surface area (Å²) in [5, 5.41) is 3.62. The Morgan fingerprint density at radius 2 is 1.76 bits per heavy atom. The molecule has 1 rings (SSSR count). The van der Waals surface area contributed by atoms with Crippen LogP contribution in [0.3, 0.4) is 0 Å². The summed E-state index contributed by atoms with van der Waals surface area (Å²) in [5.41, 5.74) is 1.90. The van der Waals surface area contributed by atoms with Crippen LogP contribution in [0.5, 0.6) is 0 Å². The van der Waals surface area contributed by atoms with E-state index in [1.54, 1.807) is 14.2 Å². The summed E-state index contributed by atoms with van der Waals surface area (Å²) in [5.74, 6) is 2.21. The van der Waals surface area contributed by atoms with Gasteiger partial charge in [0.2, 0.25) is 0 Å². The quantitative estimate of drug-likeness (QED) is 0.299. The minimum absolute atomic E-state index is 0. The second kappa shape index (κ2) is 13.1. The van der Waals surface area contributed by atoms with E-state index in [9.17, 15) is 0 Å². The average molecular weight is 574 g/mol. The van der Waals surface area contributed by atoms with Crippen LogP contribution < -0.4 is 5.32 Å². The van der Waals surface area contributed by atoms with Crippen molar-refractivity contribution < 1.29 is 40.6 Å². The standard InChI is InChI=1S/C20H35N2O2.U/c1-8-9-15(4)16(5)21-19-17(11-10-14(2)3)12-13-18(22-19)20(23-6)24-7;/h12,14-16,20H,8-11H2,1-7H3,(H,21,22);/q-1;. The zero-order valence-electron chi connectivity index (χ0n) is 17.0. The maximum Gasteiger partial charge on any atom is 0.182 e. The van der Waals surface area contributed by atoms with E-state index < -0.39 is 6.29 Å². The van der Waals surface area contributed by atoms with E-state index in [-0.39, 0.29) is 31.1 Å². The van der Waals surface area contributed by atoms with Crippen LogP contribution in [0, 0.1) is 49.0 Å². The van der Waals surface area contributed by atoms with Gasteiger partial charge in [-0.1, -0.05) is 47.0 Å². The van der Waals surface area contributed by atoms with Gasteiger partial charge in [-0.25, -0.2) is 12.1 Å². The van der Waals surface area contributed by atoms with Gasteiger partial charge in [0, 0.05) is 62.9 Å². The molecule has 0 radical (unpaired) electrons. The van der Waals surface area contributed by atoms with Crippen molar-refractivity contribution in [2.45, 2.75) is 72.6 Å². The number of hydrogen-bond donors (Lipinski definition) is 1. The number of ether oxygens (including phenoxy) is 2. The molecule has 0 saturated heterocycles. The van der Waals surface area contributed by atoms with E-state index in [1.807, 2.05) is 6.07 Å². The van der Waals surface area contributed by atoms with Gasteiger partial charge in [0.25, 0.3) is 0 Å². The molecule has 0 aliphatic heterocycles. The third kappa shape index (κ3) is 8.43. The molecule has 2 unspecified atom stereocenters. The second-order valence-electron chi connectivity index (χ2n) is 7.09. The van der Waals surface area contributed by atoms with Gasteiger partial charge in [0.1, 0.15) is 0 Å².